The van der Waals surface area contributed by atoms with Gasteiger partial charge in [0, 0.05) is 17.3 Å². The highest BCUT2D eigenvalue weighted by Gasteiger charge is 2.21. The molecule has 0 atom stereocenters. The molecule has 0 saturated heterocycles. The summed E-state index contributed by atoms with van der Waals surface area (Å²) in [5, 5.41) is 5.25. The Kier molecular flexibility index (Phi) is 5.03. The molecule has 6 rings (SSSR count). The van der Waals surface area contributed by atoms with Gasteiger partial charge in [0.15, 0.2) is 22.9 Å². The second-order valence-corrected chi connectivity index (χ2v) is 8.21. The third-order valence-corrected chi connectivity index (χ3v) is 5.93. The van der Waals surface area contributed by atoms with Crippen molar-refractivity contribution in [2.45, 2.75) is 13.1 Å². The van der Waals surface area contributed by atoms with E-state index in [0.29, 0.717) is 27.9 Å². The predicted octanol–water partition coefficient (Wildman–Crippen LogP) is 3.49. The summed E-state index contributed by atoms with van der Waals surface area (Å²) in [7, 11) is 0. The van der Waals surface area contributed by atoms with Crippen LogP contribution in [0.2, 0.25) is 0 Å². The Balaban J connectivity index is 1.47. The lowest BCUT2D eigenvalue weighted by molar-refractivity contribution is 0.589. The summed E-state index contributed by atoms with van der Waals surface area (Å²) in [5.74, 6) is -0.585. The second kappa shape index (κ2) is 8.38. The number of nitrogens with two attached hydrogens (primary N) is 1. The van der Waals surface area contributed by atoms with E-state index in [2.05, 4.69) is 25.0 Å². The van der Waals surface area contributed by atoms with E-state index in [-0.39, 0.29) is 41.7 Å². The number of nitrogen functional groups attached to an aromatic ring is 1. The summed E-state index contributed by atoms with van der Waals surface area (Å²) in [5.41, 5.74) is 7.90. The first-order valence-electron chi connectivity index (χ1n) is 11.0. The largest absolute Gasteiger partial charge is 0.382 e. The molecule has 6 aromatic rings. The van der Waals surface area contributed by atoms with Crippen LogP contribution in [0.4, 0.5) is 14.6 Å². The third-order valence-electron chi connectivity index (χ3n) is 5.93. The number of fused-ring (bicyclic) bond motifs is 2. The molecule has 2 aromatic carbocycles. The number of aromatic amines is 1. The zero-order valence-corrected chi connectivity index (χ0v) is 18.7. The molecule has 4 heterocycles. The minimum Gasteiger partial charge on any atom is -0.382 e. The van der Waals surface area contributed by atoms with Crippen molar-refractivity contribution in [3.63, 3.8) is 0 Å². The van der Waals surface area contributed by atoms with Crippen molar-refractivity contribution in [2.75, 3.05) is 5.73 Å². The molecular weight excluding hydrogens is 466 g/mol. The Bertz CT molecular complexity index is 1820. The Hall–Kier alpha value is -4.93. The van der Waals surface area contributed by atoms with E-state index in [1.54, 1.807) is 59.4 Å². The maximum atomic E-state index is 14.3. The van der Waals surface area contributed by atoms with Gasteiger partial charge in [-0.05, 0) is 24.3 Å². The third kappa shape index (κ3) is 3.57. The van der Waals surface area contributed by atoms with Gasteiger partial charge in [0.25, 0.3) is 0 Å². The summed E-state index contributed by atoms with van der Waals surface area (Å²) in [6.45, 7) is 0.107. The number of nitrogens with one attached hydrogen (secondary N) is 1. The van der Waals surface area contributed by atoms with Crippen LogP contribution in [-0.4, -0.2) is 34.3 Å². The van der Waals surface area contributed by atoms with Crippen molar-refractivity contribution < 1.29 is 8.78 Å². The molecule has 0 fully saturated rings. The number of benzene rings is 2. The number of aromatic nitrogens is 7. The Morgan fingerprint density at radius 2 is 1.58 bits per heavy atom. The monoisotopic (exact) mass is 484 g/mol. The van der Waals surface area contributed by atoms with Crippen molar-refractivity contribution in [3.8, 4) is 11.5 Å². The molecule has 9 nitrogen and oxygen atoms in total. The van der Waals surface area contributed by atoms with Gasteiger partial charge in [-0.15, -0.1) is 0 Å². The van der Waals surface area contributed by atoms with Crippen molar-refractivity contribution in [1.82, 2.24) is 34.3 Å². The first kappa shape index (κ1) is 21.6. The van der Waals surface area contributed by atoms with Crippen molar-refractivity contribution in [3.05, 3.63) is 100 Å². The number of imidazole rings is 1. The van der Waals surface area contributed by atoms with E-state index < -0.39 is 11.5 Å². The van der Waals surface area contributed by atoms with Gasteiger partial charge in [-0.25, -0.2) is 33.2 Å². The molecule has 4 aromatic heterocycles. The molecule has 0 aliphatic rings. The molecule has 11 heteroatoms. The highest BCUT2D eigenvalue weighted by molar-refractivity contribution is 5.91. The van der Waals surface area contributed by atoms with Gasteiger partial charge in [-0.2, -0.15) is 5.10 Å². The van der Waals surface area contributed by atoms with Gasteiger partial charge in [0.1, 0.15) is 22.8 Å². The van der Waals surface area contributed by atoms with Crippen LogP contribution in [-0.2, 0) is 13.1 Å². The summed E-state index contributed by atoms with van der Waals surface area (Å²) in [6.07, 6.45) is 1.62. The Morgan fingerprint density at radius 3 is 2.31 bits per heavy atom. The molecule has 3 N–H and O–H groups in total. The molecule has 0 aliphatic carbocycles. The molecule has 0 amide bonds. The lowest BCUT2D eigenvalue weighted by Crippen LogP contribution is -2.18. The van der Waals surface area contributed by atoms with E-state index in [1.807, 2.05) is 0 Å². The van der Waals surface area contributed by atoms with Crippen LogP contribution in [0.25, 0.3) is 33.7 Å². The Labute approximate surface area is 201 Å². The first-order valence-corrected chi connectivity index (χ1v) is 11.0. The summed E-state index contributed by atoms with van der Waals surface area (Å²) in [4.78, 5) is 28.7. The van der Waals surface area contributed by atoms with E-state index >= 15 is 0 Å². The molecule has 0 aliphatic heterocycles. The minimum atomic E-state index is -0.497. The van der Waals surface area contributed by atoms with Gasteiger partial charge in [0.05, 0.1) is 18.5 Å². The molecule has 36 heavy (non-hydrogen) atoms. The van der Waals surface area contributed by atoms with Crippen molar-refractivity contribution in [2.24, 2.45) is 0 Å². The Morgan fingerprint density at radius 1 is 0.889 bits per heavy atom. The van der Waals surface area contributed by atoms with Gasteiger partial charge in [0.2, 0.25) is 0 Å². The second-order valence-electron chi connectivity index (χ2n) is 8.21. The number of halogens is 2. The van der Waals surface area contributed by atoms with Gasteiger partial charge >= 0.3 is 5.69 Å². The molecule has 0 unspecified atom stereocenters. The quantitative estimate of drug-likeness (QED) is 0.387. The van der Waals surface area contributed by atoms with Crippen LogP contribution < -0.4 is 11.4 Å². The highest BCUT2D eigenvalue weighted by atomic mass is 19.1. The average molecular weight is 484 g/mol. The number of nitrogens with zero attached hydrogens (tertiary/aromatic N) is 6. The van der Waals surface area contributed by atoms with E-state index in [9.17, 15) is 13.6 Å². The predicted molar refractivity (Wildman–Crippen MR) is 130 cm³/mol. The number of rotatable bonds is 5. The number of H-pyrrole nitrogens is 1. The lowest BCUT2D eigenvalue weighted by atomic mass is 10.2. The maximum absolute atomic E-state index is 14.3. The van der Waals surface area contributed by atoms with E-state index in [0.717, 1.165) is 0 Å². The van der Waals surface area contributed by atoms with Crippen molar-refractivity contribution >= 4 is 28.0 Å². The van der Waals surface area contributed by atoms with Crippen LogP contribution in [0.5, 0.6) is 0 Å². The van der Waals surface area contributed by atoms with Crippen LogP contribution >= 0.6 is 0 Å². The van der Waals surface area contributed by atoms with E-state index in [1.165, 1.54) is 16.7 Å². The van der Waals surface area contributed by atoms with Gasteiger partial charge < -0.3 is 5.73 Å². The zero-order valence-electron chi connectivity index (χ0n) is 18.7. The summed E-state index contributed by atoms with van der Waals surface area (Å²) >= 11 is 0. The molecule has 0 saturated carbocycles. The van der Waals surface area contributed by atoms with Crippen LogP contribution in [0.1, 0.15) is 11.1 Å². The average Bonchev–Trinajstić information content (AvgIpc) is 3.39. The normalized spacial score (nSPS) is 11.5. The van der Waals surface area contributed by atoms with Crippen LogP contribution in [0.3, 0.4) is 0 Å². The minimum absolute atomic E-state index is 0.0328. The fourth-order valence-electron chi connectivity index (χ4n) is 4.22. The standard InChI is InChI=1S/C25H18F2N8O/c26-17-9-3-1-6-14(17)12-34-20-21(28)30-22(31-23(20)32-25(34)36)19-16-8-5-11-29-24(16)35(33-19)13-15-7-2-4-10-18(15)27/h1-11H,12-13H2,(H3,28,30,31,32,36). The number of hydrogen-bond donors (Lipinski definition) is 2. The summed E-state index contributed by atoms with van der Waals surface area (Å²) < 4.78 is 31.4. The number of anilines is 1. The van der Waals surface area contributed by atoms with Crippen molar-refractivity contribution in [1.29, 1.82) is 0 Å². The summed E-state index contributed by atoms with van der Waals surface area (Å²) in [6, 6.07) is 16.2. The molecule has 0 spiro atoms. The highest BCUT2D eigenvalue weighted by Crippen LogP contribution is 2.28. The molecule has 178 valence electrons. The SMILES string of the molecule is Nc1nc(-c2nn(Cc3ccccc3F)c3ncccc23)nc2[nH]c(=O)n(Cc3ccccc3F)c12. The molecular formula is C25H18F2N8O. The fourth-order valence-corrected chi connectivity index (χ4v) is 4.22. The van der Waals surface area contributed by atoms with Crippen LogP contribution in [0.15, 0.2) is 71.7 Å². The smallest absolute Gasteiger partial charge is 0.328 e. The number of hydrogen-bond acceptors (Lipinski definition) is 6. The number of pyridine rings is 1. The van der Waals surface area contributed by atoms with Gasteiger partial charge in [-0.3, -0.25) is 9.55 Å². The topological polar surface area (TPSA) is 120 Å². The fraction of sp³-hybridized carbons (Fsp3) is 0.0800. The lowest BCUT2D eigenvalue weighted by Gasteiger charge is -2.07. The maximum Gasteiger partial charge on any atom is 0.328 e. The van der Waals surface area contributed by atoms with E-state index in [4.69, 9.17) is 5.73 Å². The zero-order chi connectivity index (χ0) is 24.8. The van der Waals surface area contributed by atoms with Crippen LogP contribution in [0, 0.1) is 11.6 Å². The van der Waals surface area contributed by atoms with Gasteiger partial charge in [-0.1, -0.05) is 36.4 Å². The first-order chi connectivity index (χ1) is 17.5. The molecule has 0 radical (unpaired) electrons. The molecule has 0 bridgehead atoms.